The maximum atomic E-state index is 5.94. The van der Waals surface area contributed by atoms with E-state index in [9.17, 15) is 0 Å². The molecule has 0 fully saturated rings. The molecule has 1 N–H and O–H groups in total. The second kappa shape index (κ2) is 6.74. The van der Waals surface area contributed by atoms with Crippen LogP contribution in [0.25, 0.3) is 0 Å². The summed E-state index contributed by atoms with van der Waals surface area (Å²) in [4.78, 5) is 1.30. The lowest BCUT2D eigenvalue weighted by Gasteiger charge is -2.24. The maximum absolute atomic E-state index is 5.94. The first kappa shape index (κ1) is 15.0. The number of likely N-dealkylation sites (N-methyl/N-ethyl adjacent to an activating group) is 1. The summed E-state index contributed by atoms with van der Waals surface area (Å²) in [5.41, 5.74) is -0.0826. The van der Waals surface area contributed by atoms with Crippen LogP contribution in [0, 0.1) is 0 Å². The Hall–Kier alpha value is -0.0900. The fourth-order valence-electron chi connectivity index (χ4n) is 1.53. The molecule has 0 spiro atoms. The Kier molecular flexibility index (Phi) is 5.93. The van der Waals surface area contributed by atoms with E-state index in [1.807, 2.05) is 6.07 Å². The molecule has 0 aromatic carbocycles. The molecule has 1 atom stereocenters. The van der Waals surface area contributed by atoms with Crippen LogP contribution in [0.5, 0.6) is 0 Å². The van der Waals surface area contributed by atoms with Gasteiger partial charge >= 0.3 is 0 Å². The zero-order valence-electron chi connectivity index (χ0n) is 11.0. The second-order valence-corrected chi connectivity index (χ2v) is 6.89. The van der Waals surface area contributed by atoms with E-state index in [0.29, 0.717) is 6.04 Å². The van der Waals surface area contributed by atoms with Crippen LogP contribution in [0.3, 0.4) is 0 Å². The summed E-state index contributed by atoms with van der Waals surface area (Å²) in [6.07, 6.45) is 0.974. The van der Waals surface area contributed by atoms with Gasteiger partial charge in [0.25, 0.3) is 0 Å². The zero-order chi connectivity index (χ0) is 12.9. The summed E-state index contributed by atoms with van der Waals surface area (Å²) in [7, 11) is 0. The Bertz CT molecular complexity index is 332. The molecule has 2 nitrogen and oxygen atoms in total. The first-order valence-corrected chi connectivity index (χ1v) is 7.21. The van der Waals surface area contributed by atoms with Crippen molar-refractivity contribution < 1.29 is 4.74 Å². The van der Waals surface area contributed by atoms with Crippen molar-refractivity contribution in [3.63, 3.8) is 0 Å². The molecule has 1 rings (SSSR count). The first-order chi connectivity index (χ1) is 7.90. The number of thiophene rings is 1. The topological polar surface area (TPSA) is 21.3 Å². The van der Waals surface area contributed by atoms with Crippen molar-refractivity contribution in [2.45, 2.75) is 45.8 Å². The van der Waals surface area contributed by atoms with Crippen molar-refractivity contribution >= 4 is 22.9 Å². The molecule has 1 unspecified atom stereocenters. The lowest BCUT2D eigenvalue weighted by Crippen LogP contribution is -2.38. The number of rotatable bonds is 6. The van der Waals surface area contributed by atoms with E-state index < -0.39 is 0 Å². The molecule has 17 heavy (non-hydrogen) atoms. The molecule has 0 saturated carbocycles. The number of halogens is 1. The van der Waals surface area contributed by atoms with Crippen molar-refractivity contribution in [2.24, 2.45) is 0 Å². The molecule has 1 aromatic heterocycles. The molecule has 0 amide bonds. The molecule has 0 aliphatic rings. The van der Waals surface area contributed by atoms with Crippen LogP contribution in [0.4, 0.5) is 0 Å². The van der Waals surface area contributed by atoms with Gasteiger partial charge in [0.2, 0.25) is 0 Å². The number of nitrogens with one attached hydrogen (secondary N) is 1. The summed E-state index contributed by atoms with van der Waals surface area (Å²) < 4.78 is 6.69. The normalized spacial score (nSPS) is 13.9. The van der Waals surface area contributed by atoms with Gasteiger partial charge in [-0.25, -0.2) is 0 Å². The van der Waals surface area contributed by atoms with Crippen molar-refractivity contribution in [1.29, 1.82) is 0 Å². The monoisotopic (exact) mass is 275 g/mol. The maximum Gasteiger partial charge on any atom is 0.0931 e. The number of hydrogen-bond acceptors (Lipinski definition) is 3. The Balaban J connectivity index is 2.48. The minimum atomic E-state index is -0.0826. The van der Waals surface area contributed by atoms with E-state index in [1.165, 1.54) is 4.88 Å². The van der Waals surface area contributed by atoms with Gasteiger partial charge in [0.1, 0.15) is 0 Å². The van der Waals surface area contributed by atoms with E-state index in [-0.39, 0.29) is 5.60 Å². The smallest absolute Gasteiger partial charge is 0.0931 e. The summed E-state index contributed by atoms with van der Waals surface area (Å²) >= 11 is 7.58. The van der Waals surface area contributed by atoms with E-state index in [0.717, 1.165) is 23.9 Å². The largest absolute Gasteiger partial charge is 0.374 e. The van der Waals surface area contributed by atoms with E-state index in [2.05, 4.69) is 39.1 Å². The standard InChI is InChI=1S/C13H22ClNOS/c1-5-15-10(9-16-13(2,3)4)8-11-6-7-12(14)17-11/h6-7,10,15H,5,8-9H2,1-4H3. The third-order valence-electron chi connectivity index (χ3n) is 2.29. The van der Waals surface area contributed by atoms with Gasteiger partial charge in [-0.15, -0.1) is 11.3 Å². The minimum absolute atomic E-state index is 0.0826. The Morgan fingerprint density at radius 1 is 1.41 bits per heavy atom. The Morgan fingerprint density at radius 2 is 2.12 bits per heavy atom. The summed E-state index contributed by atoms with van der Waals surface area (Å²) in [5.74, 6) is 0. The highest BCUT2D eigenvalue weighted by molar-refractivity contribution is 7.16. The minimum Gasteiger partial charge on any atom is -0.374 e. The number of ether oxygens (including phenoxy) is 1. The third-order valence-corrected chi connectivity index (χ3v) is 3.54. The molecule has 4 heteroatoms. The predicted molar refractivity (Wildman–Crippen MR) is 76.2 cm³/mol. The van der Waals surface area contributed by atoms with Gasteiger partial charge < -0.3 is 10.1 Å². The summed E-state index contributed by atoms with van der Waals surface area (Å²) in [6.45, 7) is 10.0. The third kappa shape index (κ3) is 6.41. The molecular formula is C13H22ClNOS. The van der Waals surface area contributed by atoms with Gasteiger partial charge in [0.15, 0.2) is 0 Å². The quantitative estimate of drug-likeness (QED) is 0.854. The van der Waals surface area contributed by atoms with E-state index in [1.54, 1.807) is 11.3 Å². The van der Waals surface area contributed by atoms with Crippen LogP contribution in [-0.4, -0.2) is 24.8 Å². The Morgan fingerprint density at radius 3 is 2.59 bits per heavy atom. The molecule has 0 saturated heterocycles. The van der Waals surface area contributed by atoms with Gasteiger partial charge in [-0.1, -0.05) is 18.5 Å². The highest BCUT2D eigenvalue weighted by Crippen LogP contribution is 2.22. The molecule has 0 aliphatic carbocycles. The van der Waals surface area contributed by atoms with Gasteiger partial charge in [0.05, 0.1) is 16.5 Å². The van der Waals surface area contributed by atoms with Gasteiger partial charge in [0, 0.05) is 10.9 Å². The average molecular weight is 276 g/mol. The fraction of sp³-hybridized carbons (Fsp3) is 0.692. The van der Waals surface area contributed by atoms with Crippen LogP contribution in [0.1, 0.15) is 32.6 Å². The fourth-order valence-corrected chi connectivity index (χ4v) is 2.70. The summed E-state index contributed by atoms with van der Waals surface area (Å²) in [5, 5.41) is 3.45. The first-order valence-electron chi connectivity index (χ1n) is 6.02. The van der Waals surface area contributed by atoms with Crippen LogP contribution >= 0.6 is 22.9 Å². The van der Waals surface area contributed by atoms with Crippen molar-refractivity contribution in [1.82, 2.24) is 5.32 Å². The van der Waals surface area contributed by atoms with Crippen LogP contribution in [-0.2, 0) is 11.2 Å². The van der Waals surface area contributed by atoms with E-state index >= 15 is 0 Å². The molecular weight excluding hydrogens is 254 g/mol. The van der Waals surface area contributed by atoms with Crippen LogP contribution in [0.15, 0.2) is 12.1 Å². The van der Waals surface area contributed by atoms with Gasteiger partial charge in [-0.3, -0.25) is 0 Å². The Labute approximate surface area is 113 Å². The zero-order valence-corrected chi connectivity index (χ0v) is 12.6. The SMILES string of the molecule is CCNC(COC(C)(C)C)Cc1ccc(Cl)s1. The molecule has 0 bridgehead atoms. The highest BCUT2D eigenvalue weighted by Gasteiger charge is 2.15. The van der Waals surface area contributed by atoms with Crippen LogP contribution in [0.2, 0.25) is 4.34 Å². The molecule has 98 valence electrons. The highest BCUT2D eigenvalue weighted by atomic mass is 35.5. The van der Waals surface area contributed by atoms with Crippen molar-refractivity contribution in [3.8, 4) is 0 Å². The lowest BCUT2D eigenvalue weighted by molar-refractivity contribution is -0.0140. The average Bonchev–Trinajstić information content (AvgIpc) is 2.60. The molecule has 0 aliphatic heterocycles. The second-order valence-electron chi connectivity index (χ2n) is 5.09. The number of hydrogen-bond donors (Lipinski definition) is 1. The lowest BCUT2D eigenvalue weighted by atomic mass is 10.1. The summed E-state index contributed by atoms with van der Waals surface area (Å²) in [6, 6.07) is 4.40. The van der Waals surface area contributed by atoms with Crippen molar-refractivity contribution in [2.75, 3.05) is 13.2 Å². The van der Waals surface area contributed by atoms with E-state index in [4.69, 9.17) is 16.3 Å². The van der Waals surface area contributed by atoms with Crippen LogP contribution < -0.4 is 5.32 Å². The van der Waals surface area contributed by atoms with Gasteiger partial charge in [-0.05, 0) is 45.9 Å². The molecule has 1 aromatic rings. The molecule has 0 radical (unpaired) electrons. The predicted octanol–water partition coefficient (Wildman–Crippen LogP) is 3.74. The van der Waals surface area contributed by atoms with Gasteiger partial charge in [-0.2, -0.15) is 0 Å². The molecule has 1 heterocycles. The van der Waals surface area contributed by atoms with Crippen molar-refractivity contribution in [3.05, 3.63) is 21.3 Å².